The summed E-state index contributed by atoms with van der Waals surface area (Å²) < 4.78 is 31.7. The summed E-state index contributed by atoms with van der Waals surface area (Å²) >= 11 is 12.2. The number of hydrogen-bond donors (Lipinski definition) is 1. The predicted molar refractivity (Wildman–Crippen MR) is 115 cm³/mol. The van der Waals surface area contributed by atoms with Gasteiger partial charge in [0.15, 0.2) is 11.3 Å². The van der Waals surface area contributed by atoms with Crippen LogP contribution in [0.4, 0.5) is 0 Å². The highest BCUT2D eigenvalue weighted by Gasteiger charge is 2.21. The molecule has 0 saturated carbocycles. The molecule has 2 aromatic heterocycles. The molecule has 4 aromatic rings. The summed E-state index contributed by atoms with van der Waals surface area (Å²) in [6.07, 6.45) is 0. The fraction of sp³-hybridized carbons (Fsp3) is 0.100. The quantitative estimate of drug-likeness (QED) is 0.460. The van der Waals surface area contributed by atoms with Crippen molar-refractivity contribution in [2.45, 2.75) is 4.90 Å². The molecular formula is C20H14Cl2N2O5S. The first-order chi connectivity index (χ1) is 14.1. The van der Waals surface area contributed by atoms with E-state index in [4.69, 9.17) is 27.6 Å². The van der Waals surface area contributed by atoms with Crippen LogP contribution in [0.3, 0.4) is 0 Å². The molecule has 0 amide bonds. The Morgan fingerprint density at radius 1 is 1.10 bits per heavy atom. The number of carbonyl (C=O) groups is 1. The number of carboxylic acids is 1. The molecule has 0 saturated heterocycles. The molecule has 0 spiro atoms. The lowest BCUT2D eigenvalue weighted by Crippen LogP contribution is -2.22. The van der Waals surface area contributed by atoms with Crippen molar-refractivity contribution in [3.8, 4) is 11.5 Å². The zero-order chi connectivity index (χ0) is 21.8. The number of aromatic carboxylic acids is 1. The SMILES string of the molecule is CN(C)S(=O)(=O)c1ccc2nc(-c3cc4cc(Cl)cc(Cl)c4o3)cc(C(=O)O)c2c1. The van der Waals surface area contributed by atoms with Crippen LogP contribution in [0.2, 0.25) is 10.0 Å². The molecule has 4 rings (SSSR count). The predicted octanol–water partition coefficient (Wildman–Crippen LogP) is 4.90. The zero-order valence-corrected chi connectivity index (χ0v) is 18.0. The number of carboxylic acid groups (broad SMARTS) is 1. The summed E-state index contributed by atoms with van der Waals surface area (Å²) in [4.78, 5) is 16.3. The molecule has 30 heavy (non-hydrogen) atoms. The Labute approximate surface area is 181 Å². The van der Waals surface area contributed by atoms with Gasteiger partial charge in [-0.15, -0.1) is 0 Å². The molecule has 154 valence electrons. The molecule has 7 nitrogen and oxygen atoms in total. The van der Waals surface area contributed by atoms with Crippen molar-refractivity contribution in [1.29, 1.82) is 0 Å². The molecule has 0 unspecified atom stereocenters. The number of furan rings is 1. The third-order valence-electron chi connectivity index (χ3n) is 4.58. The Balaban J connectivity index is 1.95. The molecule has 1 N–H and O–H groups in total. The lowest BCUT2D eigenvalue weighted by Gasteiger charge is -2.12. The topological polar surface area (TPSA) is 101 Å². The first kappa shape index (κ1) is 20.6. The van der Waals surface area contributed by atoms with Gasteiger partial charge in [0.05, 0.1) is 21.0 Å². The number of benzene rings is 2. The minimum Gasteiger partial charge on any atom is -0.478 e. The van der Waals surface area contributed by atoms with Gasteiger partial charge < -0.3 is 9.52 Å². The van der Waals surface area contributed by atoms with E-state index in [1.807, 2.05) is 0 Å². The normalized spacial score (nSPS) is 12.2. The summed E-state index contributed by atoms with van der Waals surface area (Å²) in [6.45, 7) is 0. The Bertz CT molecular complexity index is 1440. The number of nitrogens with zero attached hydrogens (tertiary/aromatic N) is 2. The van der Waals surface area contributed by atoms with Gasteiger partial charge in [0.25, 0.3) is 0 Å². The molecular weight excluding hydrogens is 451 g/mol. The molecule has 0 aliphatic heterocycles. The van der Waals surface area contributed by atoms with Gasteiger partial charge in [-0.05, 0) is 42.5 Å². The van der Waals surface area contributed by atoms with Gasteiger partial charge in [0, 0.05) is 29.9 Å². The number of pyridine rings is 1. The van der Waals surface area contributed by atoms with Crippen LogP contribution in [0, 0.1) is 0 Å². The largest absolute Gasteiger partial charge is 0.478 e. The lowest BCUT2D eigenvalue weighted by atomic mass is 10.1. The van der Waals surface area contributed by atoms with E-state index in [-0.39, 0.29) is 21.5 Å². The van der Waals surface area contributed by atoms with Crippen molar-refractivity contribution in [2.24, 2.45) is 0 Å². The van der Waals surface area contributed by atoms with Crippen LogP contribution >= 0.6 is 23.2 Å². The Morgan fingerprint density at radius 2 is 1.83 bits per heavy atom. The van der Waals surface area contributed by atoms with E-state index in [1.54, 1.807) is 18.2 Å². The highest BCUT2D eigenvalue weighted by atomic mass is 35.5. The van der Waals surface area contributed by atoms with E-state index in [9.17, 15) is 18.3 Å². The van der Waals surface area contributed by atoms with Gasteiger partial charge in [-0.25, -0.2) is 22.5 Å². The van der Waals surface area contributed by atoms with Gasteiger partial charge in [0.1, 0.15) is 5.69 Å². The smallest absolute Gasteiger partial charge is 0.336 e. The number of halogens is 2. The minimum atomic E-state index is -3.73. The molecule has 0 bridgehead atoms. The monoisotopic (exact) mass is 464 g/mol. The second-order valence-corrected chi connectivity index (χ2v) is 9.74. The third kappa shape index (κ3) is 3.41. The summed E-state index contributed by atoms with van der Waals surface area (Å²) in [5.41, 5.74) is 0.886. The lowest BCUT2D eigenvalue weighted by molar-refractivity contribution is 0.0699. The van der Waals surface area contributed by atoms with E-state index < -0.39 is 16.0 Å². The molecule has 0 aliphatic rings. The van der Waals surface area contributed by atoms with Gasteiger partial charge in [-0.1, -0.05) is 23.2 Å². The molecule has 0 radical (unpaired) electrons. The van der Waals surface area contributed by atoms with Crippen LogP contribution in [-0.4, -0.2) is 42.9 Å². The maximum atomic E-state index is 12.4. The number of fused-ring (bicyclic) bond motifs is 2. The average molecular weight is 465 g/mol. The molecule has 10 heteroatoms. The fourth-order valence-electron chi connectivity index (χ4n) is 3.08. The maximum Gasteiger partial charge on any atom is 0.336 e. The number of rotatable bonds is 4. The van der Waals surface area contributed by atoms with E-state index in [0.29, 0.717) is 32.3 Å². The Hall–Kier alpha value is -2.65. The summed E-state index contributed by atoms with van der Waals surface area (Å²) in [5.74, 6) is -0.913. The van der Waals surface area contributed by atoms with Crippen LogP contribution < -0.4 is 0 Å². The molecule has 2 heterocycles. The second kappa shape index (κ2) is 7.24. The van der Waals surface area contributed by atoms with Crippen LogP contribution in [0.25, 0.3) is 33.3 Å². The standard InChI is InChI=1S/C20H14Cl2N2O5S/c1-24(2)30(27,28)12-3-4-16-13(8-12)14(20(25)26)9-17(23-16)18-6-10-5-11(21)7-15(22)19(10)29-18/h3-9H,1-2H3,(H,25,26). The van der Waals surface area contributed by atoms with Crippen molar-refractivity contribution < 1.29 is 22.7 Å². The number of sulfonamides is 1. The van der Waals surface area contributed by atoms with Crippen LogP contribution in [0.5, 0.6) is 0 Å². The van der Waals surface area contributed by atoms with Crippen molar-refractivity contribution in [3.05, 3.63) is 58.1 Å². The minimum absolute atomic E-state index is 0.0257. The number of hydrogen-bond acceptors (Lipinski definition) is 5. The number of aromatic nitrogens is 1. The van der Waals surface area contributed by atoms with E-state index >= 15 is 0 Å². The van der Waals surface area contributed by atoms with Crippen molar-refractivity contribution in [3.63, 3.8) is 0 Å². The van der Waals surface area contributed by atoms with Crippen molar-refractivity contribution in [1.82, 2.24) is 9.29 Å². The van der Waals surface area contributed by atoms with E-state index in [1.165, 1.54) is 38.4 Å². The average Bonchev–Trinajstić information content (AvgIpc) is 3.10. The summed E-state index contributed by atoms with van der Waals surface area (Å²) in [5, 5.41) is 11.3. The highest BCUT2D eigenvalue weighted by Crippen LogP contribution is 2.35. The van der Waals surface area contributed by atoms with E-state index in [2.05, 4.69) is 4.98 Å². The third-order valence-corrected chi connectivity index (χ3v) is 6.89. The fourth-order valence-corrected chi connectivity index (χ4v) is 4.56. The van der Waals surface area contributed by atoms with Crippen LogP contribution in [-0.2, 0) is 10.0 Å². The maximum absolute atomic E-state index is 12.4. The van der Waals surface area contributed by atoms with Gasteiger partial charge in [-0.3, -0.25) is 0 Å². The van der Waals surface area contributed by atoms with Crippen molar-refractivity contribution >= 4 is 61.1 Å². The Kier molecular flexibility index (Phi) is 4.98. The molecule has 2 aromatic carbocycles. The van der Waals surface area contributed by atoms with Gasteiger partial charge in [-0.2, -0.15) is 0 Å². The van der Waals surface area contributed by atoms with Crippen molar-refractivity contribution in [2.75, 3.05) is 14.1 Å². The van der Waals surface area contributed by atoms with E-state index in [0.717, 1.165) is 4.31 Å². The van der Waals surface area contributed by atoms with Gasteiger partial charge in [0.2, 0.25) is 10.0 Å². The Morgan fingerprint density at radius 3 is 2.50 bits per heavy atom. The highest BCUT2D eigenvalue weighted by molar-refractivity contribution is 7.89. The second-order valence-electron chi connectivity index (χ2n) is 6.74. The van der Waals surface area contributed by atoms with Crippen LogP contribution in [0.15, 0.2) is 51.8 Å². The molecule has 0 fully saturated rings. The zero-order valence-electron chi connectivity index (χ0n) is 15.7. The van der Waals surface area contributed by atoms with Gasteiger partial charge >= 0.3 is 5.97 Å². The summed E-state index contributed by atoms with van der Waals surface area (Å²) in [6, 6.07) is 10.4. The first-order valence-corrected chi connectivity index (χ1v) is 10.8. The molecule has 0 aliphatic carbocycles. The summed E-state index contributed by atoms with van der Waals surface area (Å²) in [7, 11) is -0.931. The first-order valence-electron chi connectivity index (χ1n) is 8.57. The van der Waals surface area contributed by atoms with Crippen LogP contribution in [0.1, 0.15) is 10.4 Å². The molecule has 0 atom stereocenters.